The molecular weight excluding hydrogens is 186 g/mol. The third-order valence-corrected chi connectivity index (χ3v) is 2.66. The second-order valence-corrected chi connectivity index (χ2v) is 4.29. The normalized spacial score (nSPS) is 17.1. The van der Waals surface area contributed by atoms with E-state index in [1.54, 1.807) is 0 Å². The van der Waals surface area contributed by atoms with Gasteiger partial charge >= 0.3 is 0 Å². The molecule has 0 unspecified atom stereocenters. The van der Waals surface area contributed by atoms with Crippen LogP contribution in [-0.4, -0.2) is 23.3 Å². The average molecular weight is 207 g/mol. The largest absolute Gasteiger partial charge is 0.392 e. The summed E-state index contributed by atoms with van der Waals surface area (Å²) in [4.78, 5) is 0. The van der Waals surface area contributed by atoms with Crippen molar-refractivity contribution in [2.45, 2.75) is 45.4 Å². The molecule has 0 aliphatic rings. The summed E-state index contributed by atoms with van der Waals surface area (Å²) in [5, 5.41) is 12.8. The van der Waals surface area contributed by atoms with Gasteiger partial charge < -0.3 is 10.4 Å². The van der Waals surface area contributed by atoms with Gasteiger partial charge in [-0.25, -0.2) is 0 Å². The van der Waals surface area contributed by atoms with Gasteiger partial charge in [0.2, 0.25) is 0 Å². The van der Waals surface area contributed by atoms with Crippen LogP contribution in [0.15, 0.2) is 30.3 Å². The summed E-state index contributed by atoms with van der Waals surface area (Å²) in [6, 6.07) is 10.9. The zero-order valence-electron chi connectivity index (χ0n) is 9.77. The van der Waals surface area contributed by atoms with Crippen molar-refractivity contribution in [2.75, 3.05) is 0 Å². The van der Waals surface area contributed by atoms with Crippen LogP contribution in [0.2, 0.25) is 0 Å². The van der Waals surface area contributed by atoms with Crippen LogP contribution in [0.4, 0.5) is 0 Å². The van der Waals surface area contributed by atoms with Gasteiger partial charge in [0.1, 0.15) is 0 Å². The van der Waals surface area contributed by atoms with E-state index in [2.05, 4.69) is 36.5 Å². The van der Waals surface area contributed by atoms with Gasteiger partial charge in [-0.1, -0.05) is 30.3 Å². The first-order valence-corrected chi connectivity index (χ1v) is 5.57. The molecule has 0 aliphatic heterocycles. The second-order valence-electron chi connectivity index (χ2n) is 4.29. The summed E-state index contributed by atoms with van der Waals surface area (Å²) in [5.41, 5.74) is 1.33. The summed E-state index contributed by atoms with van der Waals surface area (Å²) in [6.45, 7) is 5.96. The van der Waals surface area contributed by atoms with Crippen molar-refractivity contribution in [3.63, 3.8) is 0 Å². The Balaban J connectivity index is 2.39. The Labute approximate surface area is 92.3 Å². The highest BCUT2D eigenvalue weighted by Crippen LogP contribution is 2.04. The Morgan fingerprint density at radius 1 is 1.13 bits per heavy atom. The van der Waals surface area contributed by atoms with Crippen molar-refractivity contribution in [1.82, 2.24) is 5.32 Å². The van der Waals surface area contributed by atoms with E-state index in [-0.39, 0.29) is 12.1 Å². The van der Waals surface area contributed by atoms with Crippen LogP contribution in [0.25, 0.3) is 0 Å². The molecule has 0 bridgehead atoms. The fourth-order valence-electron chi connectivity index (χ4n) is 1.61. The van der Waals surface area contributed by atoms with Crippen LogP contribution in [0.5, 0.6) is 0 Å². The summed E-state index contributed by atoms with van der Waals surface area (Å²) < 4.78 is 0. The maximum atomic E-state index is 9.37. The number of nitrogens with one attached hydrogen (secondary N) is 1. The summed E-state index contributed by atoms with van der Waals surface area (Å²) in [7, 11) is 0. The lowest BCUT2D eigenvalue weighted by Gasteiger charge is -2.22. The van der Waals surface area contributed by atoms with Gasteiger partial charge in [0.05, 0.1) is 6.10 Å². The highest BCUT2D eigenvalue weighted by Gasteiger charge is 2.11. The molecule has 84 valence electrons. The summed E-state index contributed by atoms with van der Waals surface area (Å²) >= 11 is 0. The molecular formula is C13H21NO. The first kappa shape index (κ1) is 12.2. The monoisotopic (exact) mass is 207 g/mol. The predicted octanol–water partition coefficient (Wildman–Crippen LogP) is 1.98. The van der Waals surface area contributed by atoms with Crippen molar-refractivity contribution >= 4 is 0 Å². The minimum absolute atomic E-state index is 0.142. The van der Waals surface area contributed by atoms with E-state index in [1.807, 2.05) is 19.9 Å². The van der Waals surface area contributed by atoms with E-state index >= 15 is 0 Å². The molecule has 2 N–H and O–H groups in total. The van der Waals surface area contributed by atoms with Crippen molar-refractivity contribution < 1.29 is 5.11 Å². The van der Waals surface area contributed by atoms with Gasteiger partial charge in [-0.3, -0.25) is 0 Å². The first-order valence-electron chi connectivity index (χ1n) is 5.57. The van der Waals surface area contributed by atoms with Gasteiger partial charge in [-0.15, -0.1) is 0 Å². The molecule has 3 atom stereocenters. The van der Waals surface area contributed by atoms with Crippen molar-refractivity contribution in [3.8, 4) is 0 Å². The molecule has 0 fully saturated rings. The highest BCUT2D eigenvalue weighted by atomic mass is 16.3. The minimum atomic E-state index is -0.303. The lowest BCUT2D eigenvalue weighted by molar-refractivity contribution is 0.147. The van der Waals surface area contributed by atoms with Crippen LogP contribution in [-0.2, 0) is 6.42 Å². The molecule has 2 heteroatoms. The van der Waals surface area contributed by atoms with Crippen LogP contribution >= 0.6 is 0 Å². The maximum Gasteiger partial charge on any atom is 0.0662 e. The van der Waals surface area contributed by atoms with Gasteiger partial charge in [0, 0.05) is 12.1 Å². The average Bonchev–Trinajstić information content (AvgIpc) is 2.18. The molecule has 0 radical (unpaired) electrons. The Morgan fingerprint density at radius 2 is 1.73 bits per heavy atom. The van der Waals surface area contributed by atoms with Gasteiger partial charge in [-0.2, -0.15) is 0 Å². The topological polar surface area (TPSA) is 32.3 Å². The van der Waals surface area contributed by atoms with Gasteiger partial charge in [0.15, 0.2) is 0 Å². The summed E-state index contributed by atoms with van der Waals surface area (Å²) in [6.07, 6.45) is 0.695. The highest BCUT2D eigenvalue weighted by molar-refractivity contribution is 5.15. The zero-order chi connectivity index (χ0) is 11.3. The Kier molecular flexibility index (Phi) is 4.79. The van der Waals surface area contributed by atoms with Crippen LogP contribution in [0, 0.1) is 0 Å². The van der Waals surface area contributed by atoms with Gasteiger partial charge in [-0.05, 0) is 32.8 Å². The van der Waals surface area contributed by atoms with Crippen molar-refractivity contribution in [2.24, 2.45) is 0 Å². The number of aliphatic hydroxyl groups is 1. The number of rotatable bonds is 5. The molecule has 0 heterocycles. The zero-order valence-corrected chi connectivity index (χ0v) is 9.77. The quantitative estimate of drug-likeness (QED) is 0.773. The fourth-order valence-corrected chi connectivity index (χ4v) is 1.61. The number of benzene rings is 1. The molecule has 0 aliphatic carbocycles. The molecule has 1 aromatic carbocycles. The third kappa shape index (κ3) is 4.45. The van der Waals surface area contributed by atoms with E-state index in [0.717, 1.165) is 6.42 Å². The smallest absolute Gasteiger partial charge is 0.0662 e. The standard InChI is InChI=1S/C13H21NO/c1-10(14-11(2)12(3)15)9-13-7-5-4-6-8-13/h4-8,10-12,14-15H,9H2,1-3H3/t10-,11+,12-/m1/s1. The predicted molar refractivity (Wildman–Crippen MR) is 63.9 cm³/mol. The van der Waals surface area contributed by atoms with E-state index in [4.69, 9.17) is 0 Å². The third-order valence-electron chi connectivity index (χ3n) is 2.66. The molecule has 1 aromatic rings. The van der Waals surface area contributed by atoms with E-state index in [0.29, 0.717) is 6.04 Å². The SMILES string of the molecule is C[C@H](Cc1ccccc1)N[C@@H](C)[C@@H](C)O. The minimum Gasteiger partial charge on any atom is -0.392 e. The Morgan fingerprint density at radius 3 is 2.27 bits per heavy atom. The Bertz CT molecular complexity index is 271. The van der Waals surface area contributed by atoms with Gasteiger partial charge in [0.25, 0.3) is 0 Å². The number of hydrogen-bond donors (Lipinski definition) is 2. The fraction of sp³-hybridized carbons (Fsp3) is 0.538. The van der Waals surface area contributed by atoms with Crippen LogP contribution in [0.3, 0.4) is 0 Å². The van der Waals surface area contributed by atoms with E-state index in [1.165, 1.54) is 5.56 Å². The molecule has 2 nitrogen and oxygen atoms in total. The van der Waals surface area contributed by atoms with E-state index in [9.17, 15) is 5.11 Å². The lowest BCUT2D eigenvalue weighted by Crippen LogP contribution is -2.42. The molecule has 0 amide bonds. The number of hydrogen-bond acceptors (Lipinski definition) is 2. The molecule has 0 aromatic heterocycles. The summed E-state index contributed by atoms with van der Waals surface area (Å²) in [5.74, 6) is 0. The number of aliphatic hydroxyl groups excluding tert-OH is 1. The molecule has 0 saturated heterocycles. The van der Waals surface area contributed by atoms with Crippen LogP contribution < -0.4 is 5.32 Å². The first-order chi connectivity index (χ1) is 7.09. The van der Waals surface area contributed by atoms with Crippen LogP contribution in [0.1, 0.15) is 26.3 Å². The lowest BCUT2D eigenvalue weighted by atomic mass is 10.1. The molecule has 15 heavy (non-hydrogen) atoms. The van der Waals surface area contributed by atoms with Crippen molar-refractivity contribution in [3.05, 3.63) is 35.9 Å². The maximum absolute atomic E-state index is 9.37. The Hall–Kier alpha value is -0.860. The van der Waals surface area contributed by atoms with E-state index < -0.39 is 0 Å². The molecule has 0 saturated carbocycles. The van der Waals surface area contributed by atoms with Crippen molar-refractivity contribution in [1.29, 1.82) is 0 Å². The molecule has 1 rings (SSSR count). The second kappa shape index (κ2) is 5.89. The molecule has 0 spiro atoms.